The first-order chi connectivity index (χ1) is 15.7. The molecule has 0 radical (unpaired) electrons. The Morgan fingerprint density at radius 3 is 2.30 bits per heavy atom. The molecule has 172 valence electrons. The molecule has 0 heterocycles. The van der Waals surface area contributed by atoms with Crippen LogP contribution in [0, 0.1) is 0 Å². The third-order valence-electron chi connectivity index (χ3n) is 4.52. The fraction of sp³-hybridized carbons (Fsp3) is 0.130. The monoisotopic (exact) mass is 487 g/mol. The summed E-state index contributed by atoms with van der Waals surface area (Å²) in [6.45, 7) is -0.584. The minimum Gasteiger partial charge on any atom is -0.452 e. The van der Waals surface area contributed by atoms with Gasteiger partial charge in [-0.1, -0.05) is 41.9 Å². The number of halogens is 1. The molecule has 3 rings (SSSR count). The zero-order chi connectivity index (χ0) is 24.0. The Kier molecular flexibility index (Phi) is 7.70. The number of esters is 1. The average Bonchev–Trinajstić information content (AvgIpc) is 2.79. The highest BCUT2D eigenvalue weighted by Crippen LogP contribution is 2.26. The number of benzene rings is 3. The highest BCUT2D eigenvalue weighted by molar-refractivity contribution is 7.89. The molecule has 0 aliphatic rings. The summed E-state index contributed by atoms with van der Waals surface area (Å²) in [5.41, 5.74) is 1.66. The van der Waals surface area contributed by atoms with E-state index in [9.17, 15) is 18.0 Å². The van der Waals surface area contributed by atoms with Crippen LogP contribution in [0.1, 0.15) is 10.4 Å². The second kappa shape index (κ2) is 10.5. The van der Waals surface area contributed by atoms with Gasteiger partial charge in [0.05, 0.1) is 26.9 Å². The summed E-state index contributed by atoms with van der Waals surface area (Å²) in [4.78, 5) is 24.9. The van der Waals surface area contributed by atoms with Gasteiger partial charge in [-0.25, -0.2) is 17.5 Å². The molecule has 2 N–H and O–H groups in total. The zero-order valence-electron chi connectivity index (χ0n) is 17.9. The molecule has 0 unspecified atom stereocenters. The summed E-state index contributed by atoms with van der Waals surface area (Å²) in [5, 5.41) is 5.76. The number of carbonyl (C=O) groups excluding carboxylic acids is 2. The van der Waals surface area contributed by atoms with E-state index in [2.05, 4.69) is 10.6 Å². The van der Waals surface area contributed by atoms with Gasteiger partial charge in [0.1, 0.15) is 0 Å². The Hall–Kier alpha value is -3.40. The van der Waals surface area contributed by atoms with Gasteiger partial charge in [-0.15, -0.1) is 0 Å². The Bertz CT molecular complexity index is 1260. The van der Waals surface area contributed by atoms with Crippen LogP contribution in [-0.2, 0) is 19.6 Å². The van der Waals surface area contributed by atoms with Crippen LogP contribution in [0.15, 0.2) is 77.7 Å². The first-order valence-corrected chi connectivity index (χ1v) is 11.6. The van der Waals surface area contributed by atoms with E-state index in [1.54, 1.807) is 24.3 Å². The Labute approximate surface area is 197 Å². The molecule has 10 heteroatoms. The van der Waals surface area contributed by atoms with Crippen molar-refractivity contribution >= 4 is 50.6 Å². The van der Waals surface area contributed by atoms with Crippen molar-refractivity contribution in [2.75, 3.05) is 31.3 Å². The molecule has 0 saturated carbocycles. The Balaban J connectivity index is 1.67. The molecule has 1 amide bonds. The predicted octanol–water partition coefficient (Wildman–Crippen LogP) is 4.13. The first kappa shape index (κ1) is 24.2. The summed E-state index contributed by atoms with van der Waals surface area (Å²) in [6, 6.07) is 20.0. The van der Waals surface area contributed by atoms with Gasteiger partial charge in [0.2, 0.25) is 10.0 Å². The normalized spacial score (nSPS) is 11.2. The predicted molar refractivity (Wildman–Crippen MR) is 127 cm³/mol. The van der Waals surface area contributed by atoms with Gasteiger partial charge in [-0.2, -0.15) is 0 Å². The number of carbonyl (C=O) groups is 2. The number of nitrogens with zero attached hydrogens (tertiary/aromatic N) is 1. The van der Waals surface area contributed by atoms with Crippen LogP contribution in [0.5, 0.6) is 0 Å². The number of ether oxygens (including phenoxy) is 1. The summed E-state index contributed by atoms with van der Waals surface area (Å²) in [6.07, 6.45) is 0. The first-order valence-electron chi connectivity index (χ1n) is 9.78. The van der Waals surface area contributed by atoms with Crippen LogP contribution in [0.2, 0.25) is 5.02 Å². The zero-order valence-corrected chi connectivity index (χ0v) is 19.5. The van der Waals surface area contributed by atoms with Crippen molar-refractivity contribution in [3.8, 4) is 0 Å². The number of hydrogen-bond donors (Lipinski definition) is 2. The number of nitrogens with one attached hydrogen (secondary N) is 2. The maximum Gasteiger partial charge on any atom is 0.340 e. The van der Waals surface area contributed by atoms with Crippen molar-refractivity contribution in [1.29, 1.82) is 0 Å². The lowest BCUT2D eigenvalue weighted by atomic mass is 10.1. The second-order valence-corrected chi connectivity index (χ2v) is 9.65. The minimum atomic E-state index is -3.71. The highest BCUT2D eigenvalue weighted by Gasteiger charge is 2.20. The number of para-hydroxylation sites is 2. The van der Waals surface area contributed by atoms with E-state index in [1.807, 2.05) is 30.3 Å². The Morgan fingerprint density at radius 2 is 1.61 bits per heavy atom. The average molecular weight is 488 g/mol. The lowest BCUT2D eigenvalue weighted by Crippen LogP contribution is -2.23. The number of sulfonamides is 1. The van der Waals surface area contributed by atoms with Crippen LogP contribution >= 0.6 is 11.6 Å². The highest BCUT2D eigenvalue weighted by atomic mass is 35.5. The van der Waals surface area contributed by atoms with E-state index >= 15 is 0 Å². The lowest BCUT2D eigenvalue weighted by Gasteiger charge is -2.14. The van der Waals surface area contributed by atoms with Crippen LogP contribution < -0.4 is 10.6 Å². The molecule has 0 atom stereocenters. The molecule has 3 aromatic carbocycles. The standard InChI is InChI=1S/C23H22ClN3O5S/c1-27(2)33(30,31)17-12-13-19(24)21(14-17)26-22(28)15-32-23(29)18-10-6-7-11-20(18)25-16-8-4-3-5-9-16/h3-14,25H,15H2,1-2H3,(H,26,28). The quantitative estimate of drug-likeness (QED) is 0.463. The van der Waals surface area contributed by atoms with Gasteiger partial charge >= 0.3 is 5.97 Å². The molecule has 0 aliphatic heterocycles. The molecule has 0 saturated heterocycles. The summed E-state index contributed by atoms with van der Waals surface area (Å²) >= 11 is 6.09. The van der Waals surface area contributed by atoms with Crippen molar-refractivity contribution in [2.45, 2.75) is 4.90 Å². The van der Waals surface area contributed by atoms with Gasteiger partial charge in [0, 0.05) is 19.8 Å². The topological polar surface area (TPSA) is 105 Å². The maximum absolute atomic E-state index is 12.6. The van der Waals surface area contributed by atoms with Crippen molar-refractivity contribution < 1.29 is 22.7 Å². The number of anilines is 3. The van der Waals surface area contributed by atoms with Gasteiger partial charge in [-0.3, -0.25) is 4.79 Å². The van der Waals surface area contributed by atoms with Crippen molar-refractivity contribution in [3.63, 3.8) is 0 Å². The van der Waals surface area contributed by atoms with E-state index in [0.29, 0.717) is 5.69 Å². The summed E-state index contributed by atoms with van der Waals surface area (Å²) in [7, 11) is -0.923. The van der Waals surface area contributed by atoms with E-state index < -0.39 is 28.5 Å². The molecule has 0 aliphatic carbocycles. The largest absolute Gasteiger partial charge is 0.452 e. The van der Waals surface area contributed by atoms with Crippen molar-refractivity contribution in [2.24, 2.45) is 0 Å². The smallest absolute Gasteiger partial charge is 0.340 e. The van der Waals surface area contributed by atoms with Crippen molar-refractivity contribution in [1.82, 2.24) is 4.31 Å². The van der Waals surface area contributed by atoms with Crippen LogP contribution in [0.3, 0.4) is 0 Å². The van der Waals surface area contributed by atoms with Crippen LogP contribution in [0.4, 0.5) is 17.1 Å². The van der Waals surface area contributed by atoms with Gasteiger partial charge in [0.15, 0.2) is 6.61 Å². The van der Waals surface area contributed by atoms with Crippen LogP contribution in [0.25, 0.3) is 0 Å². The van der Waals surface area contributed by atoms with Gasteiger partial charge in [0.25, 0.3) is 5.91 Å². The number of amides is 1. The molecule has 0 bridgehead atoms. The molecule has 3 aromatic rings. The molecule has 33 heavy (non-hydrogen) atoms. The third kappa shape index (κ3) is 6.10. The summed E-state index contributed by atoms with van der Waals surface area (Å²) in [5.74, 6) is -1.36. The van der Waals surface area contributed by atoms with Gasteiger partial charge < -0.3 is 15.4 Å². The van der Waals surface area contributed by atoms with E-state index in [-0.39, 0.29) is 21.2 Å². The van der Waals surface area contributed by atoms with E-state index in [4.69, 9.17) is 16.3 Å². The summed E-state index contributed by atoms with van der Waals surface area (Å²) < 4.78 is 30.8. The molecule has 0 fully saturated rings. The Morgan fingerprint density at radius 1 is 0.939 bits per heavy atom. The second-order valence-electron chi connectivity index (χ2n) is 7.09. The number of rotatable bonds is 8. The van der Waals surface area contributed by atoms with Crippen molar-refractivity contribution in [3.05, 3.63) is 83.4 Å². The fourth-order valence-electron chi connectivity index (χ4n) is 2.81. The van der Waals surface area contributed by atoms with E-state index in [0.717, 1.165) is 9.99 Å². The minimum absolute atomic E-state index is 0.0369. The molecular weight excluding hydrogens is 466 g/mol. The molecule has 0 aromatic heterocycles. The fourth-order valence-corrected chi connectivity index (χ4v) is 3.91. The molecule has 0 spiro atoms. The van der Waals surface area contributed by atoms with Crippen LogP contribution in [-0.4, -0.2) is 45.3 Å². The lowest BCUT2D eigenvalue weighted by molar-refractivity contribution is -0.119. The SMILES string of the molecule is CN(C)S(=O)(=O)c1ccc(Cl)c(NC(=O)COC(=O)c2ccccc2Nc2ccccc2)c1. The van der Waals surface area contributed by atoms with E-state index in [1.165, 1.54) is 32.3 Å². The molecule has 8 nitrogen and oxygen atoms in total. The molecular formula is C23H22ClN3O5S. The number of hydrogen-bond acceptors (Lipinski definition) is 6. The third-order valence-corrected chi connectivity index (χ3v) is 6.67. The maximum atomic E-state index is 12.6. The van der Waals surface area contributed by atoms with Gasteiger partial charge in [-0.05, 0) is 42.5 Å².